The van der Waals surface area contributed by atoms with E-state index >= 15 is 0 Å². The van der Waals surface area contributed by atoms with E-state index in [9.17, 15) is 9.18 Å². The van der Waals surface area contributed by atoms with Crippen LogP contribution in [-0.2, 0) is 4.74 Å². The Morgan fingerprint density at radius 2 is 1.94 bits per heavy atom. The lowest BCUT2D eigenvalue weighted by molar-refractivity contribution is 0.0700. The first-order chi connectivity index (χ1) is 15.5. The Bertz CT molecular complexity index is 1130. The van der Waals surface area contributed by atoms with Gasteiger partial charge in [-0.05, 0) is 50.1 Å². The molecule has 0 aliphatic carbocycles. The highest BCUT2D eigenvalue weighted by Gasteiger charge is 2.25. The molecular formula is C24H27FN4O2S. The number of pyridine rings is 1. The summed E-state index contributed by atoms with van der Waals surface area (Å²) in [5.74, 6) is -0.334. The molecule has 0 N–H and O–H groups in total. The van der Waals surface area contributed by atoms with Crippen LogP contribution in [0.15, 0.2) is 35.3 Å². The summed E-state index contributed by atoms with van der Waals surface area (Å²) in [6, 6.07) is 8.37. The summed E-state index contributed by atoms with van der Waals surface area (Å²) < 4.78 is 19.0. The SMILES string of the molecule is CCN(CC)C(=O)c1sc2nc(C)cc(-c3ccc(F)cc3)c2c1N=CN1CCOCC1. The number of carbonyl (C=O) groups excluding carboxylic acids is 1. The van der Waals surface area contributed by atoms with E-state index in [0.717, 1.165) is 40.1 Å². The first kappa shape index (κ1) is 22.4. The number of fused-ring (bicyclic) bond motifs is 1. The Morgan fingerprint density at radius 1 is 1.25 bits per heavy atom. The molecule has 32 heavy (non-hydrogen) atoms. The fourth-order valence-corrected chi connectivity index (χ4v) is 4.98. The minimum absolute atomic E-state index is 0.0464. The molecule has 168 valence electrons. The highest BCUT2D eigenvalue weighted by Crippen LogP contribution is 2.43. The summed E-state index contributed by atoms with van der Waals surface area (Å²) in [7, 11) is 0. The molecule has 0 saturated carbocycles. The number of aliphatic imine (C=N–C) groups is 1. The Morgan fingerprint density at radius 3 is 2.59 bits per heavy atom. The maximum atomic E-state index is 13.6. The summed E-state index contributed by atoms with van der Waals surface area (Å²) in [6.45, 7) is 9.93. The number of halogens is 1. The molecule has 3 aromatic rings. The second-order valence-electron chi connectivity index (χ2n) is 7.65. The van der Waals surface area contributed by atoms with Gasteiger partial charge in [-0.25, -0.2) is 14.4 Å². The van der Waals surface area contributed by atoms with Crippen LogP contribution in [0.25, 0.3) is 21.3 Å². The van der Waals surface area contributed by atoms with Crippen LogP contribution < -0.4 is 0 Å². The van der Waals surface area contributed by atoms with Crippen molar-refractivity contribution in [1.82, 2.24) is 14.8 Å². The fraction of sp³-hybridized carbons (Fsp3) is 0.375. The number of nitrogens with zero attached hydrogens (tertiary/aromatic N) is 4. The van der Waals surface area contributed by atoms with Gasteiger partial charge in [-0.2, -0.15) is 0 Å². The molecule has 1 aromatic carbocycles. The molecule has 2 aromatic heterocycles. The summed E-state index contributed by atoms with van der Waals surface area (Å²) in [4.78, 5) is 28.1. The average Bonchev–Trinajstić information content (AvgIpc) is 3.17. The molecule has 1 amide bonds. The van der Waals surface area contributed by atoms with Crippen molar-refractivity contribution in [2.75, 3.05) is 39.4 Å². The van der Waals surface area contributed by atoms with Gasteiger partial charge in [0, 0.05) is 37.3 Å². The van der Waals surface area contributed by atoms with Crippen LogP contribution in [0.3, 0.4) is 0 Å². The number of rotatable bonds is 6. The van der Waals surface area contributed by atoms with E-state index in [4.69, 9.17) is 14.7 Å². The van der Waals surface area contributed by atoms with Crippen molar-refractivity contribution in [3.05, 3.63) is 46.7 Å². The van der Waals surface area contributed by atoms with Crippen molar-refractivity contribution in [3.8, 4) is 11.1 Å². The Labute approximate surface area is 191 Å². The quantitative estimate of drug-likeness (QED) is 0.393. The van der Waals surface area contributed by atoms with Gasteiger partial charge in [0.05, 0.1) is 25.2 Å². The molecule has 6 nitrogen and oxygen atoms in total. The number of aryl methyl sites for hydroxylation is 1. The summed E-state index contributed by atoms with van der Waals surface area (Å²) in [5.41, 5.74) is 3.23. The monoisotopic (exact) mass is 454 g/mol. The molecule has 1 saturated heterocycles. The number of ether oxygens (including phenoxy) is 1. The van der Waals surface area contributed by atoms with Gasteiger partial charge in [0.15, 0.2) is 0 Å². The van der Waals surface area contributed by atoms with Crippen LogP contribution in [0.4, 0.5) is 10.1 Å². The molecule has 3 heterocycles. The number of hydrogen-bond acceptors (Lipinski definition) is 5. The van der Waals surface area contributed by atoms with Crippen LogP contribution in [0.5, 0.6) is 0 Å². The summed E-state index contributed by atoms with van der Waals surface area (Å²) in [5, 5.41) is 0.826. The average molecular weight is 455 g/mol. The van der Waals surface area contributed by atoms with E-state index < -0.39 is 0 Å². The Balaban J connectivity index is 1.92. The third-order valence-corrected chi connectivity index (χ3v) is 6.62. The molecule has 0 atom stereocenters. The van der Waals surface area contributed by atoms with Gasteiger partial charge in [0.1, 0.15) is 15.5 Å². The lowest BCUT2D eigenvalue weighted by Crippen LogP contribution is -2.35. The highest BCUT2D eigenvalue weighted by molar-refractivity contribution is 7.21. The standard InChI is InChI=1S/C24H27FN4O2S/c1-4-29(5-2)24(30)22-21(26-15-28-10-12-31-13-11-28)20-19(14-16(3)27-23(20)32-22)17-6-8-18(25)9-7-17/h6-9,14-15H,4-5,10-13H2,1-3H3. The van der Waals surface area contributed by atoms with Crippen LogP contribution in [0, 0.1) is 12.7 Å². The topological polar surface area (TPSA) is 58.0 Å². The van der Waals surface area contributed by atoms with Gasteiger partial charge >= 0.3 is 0 Å². The maximum absolute atomic E-state index is 13.6. The van der Waals surface area contributed by atoms with Gasteiger partial charge < -0.3 is 14.5 Å². The van der Waals surface area contributed by atoms with Crippen LogP contribution >= 0.6 is 11.3 Å². The smallest absolute Gasteiger partial charge is 0.266 e. The number of hydrogen-bond donors (Lipinski definition) is 0. The van der Waals surface area contributed by atoms with E-state index in [1.165, 1.54) is 23.5 Å². The molecule has 1 aliphatic rings. The van der Waals surface area contributed by atoms with Crippen LogP contribution in [0.2, 0.25) is 0 Å². The zero-order valence-electron chi connectivity index (χ0n) is 18.6. The van der Waals surface area contributed by atoms with Crippen molar-refractivity contribution >= 4 is 39.5 Å². The second-order valence-corrected chi connectivity index (χ2v) is 8.65. The molecule has 8 heteroatoms. The maximum Gasteiger partial charge on any atom is 0.266 e. The zero-order valence-corrected chi connectivity index (χ0v) is 19.4. The Hall–Kier alpha value is -2.84. The molecule has 0 spiro atoms. The minimum atomic E-state index is -0.288. The third kappa shape index (κ3) is 4.52. The molecule has 4 rings (SSSR count). The first-order valence-electron chi connectivity index (χ1n) is 10.9. The third-order valence-electron chi connectivity index (χ3n) is 5.56. The van der Waals surface area contributed by atoms with E-state index in [-0.39, 0.29) is 11.7 Å². The van der Waals surface area contributed by atoms with E-state index in [1.54, 1.807) is 23.4 Å². The van der Waals surface area contributed by atoms with Crippen LogP contribution in [-0.4, -0.2) is 66.4 Å². The van der Waals surface area contributed by atoms with Crippen molar-refractivity contribution in [2.24, 2.45) is 4.99 Å². The fourth-order valence-electron chi connectivity index (χ4n) is 3.82. The lowest BCUT2D eigenvalue weighted by atomic mass is 10.0. The predicted octanol–water partition coefficient (Wildman–Crippen LogP) is 4.88. The van der Waals surface area contributed by atoms with Gasteiger partial charge in [-0.1, -0.05) is 12.1 Å². The lowest BCUT2D eigenvalue weighted by Gasteiger charge is -2.24. The highest BCUT2D eigenvalue weighted by atomic mass is 32.1. The number of aromatic nitrogens is 1. The van der Waals surface area contributed by atoms with Crippen molar-refractivity contribution in [1.29, 1.82) is 0 Å². The number of morpholine rings is 1. The van der Waals surface area contributed by atoms with Gasteiger partial charge in [0.25, 0.3) is 5.91 Å². The normalized spacial score (nSPS) is 14.4. The molecule has 1 fully saturated rings. The first-order valence-corrected chi connectivity index (χ1v) is 11.7. The van der Waals surface area contributed by atoms with Crippen LogP contribution in [0.1, 0.15) is 29.2 Å². The molecule has 1 aliphatic heterocycles. The van der Waals surface area contributed by atoms with Gasteiger partial charge in [-0.3, -0.25) is 4.79 Å². The number of thiophene rings is 1. The predicted molar refractivity (Wildman–Crippen MR) is 128 cm³/mol. The number of amides is 1. The molecule has 0 bridgehead atoms. The van der Waals surface area contributed by atoms with E-state index in [1.807, 2.05) is 26.8 Å². The summed E-state index contributed by atoms with van der Waals surface area (Å²) >= 11 is 1.37. The van der Waals surface area contributed by atoms with Gasteiger partial charge in [0.2, 0.25) is 0 Å². The van der Waals surface area contributed by atoms with Gasteiger partial charge in [-0.15, -0.1) is 11.3 Å². The number of carbonyl (C=O) groups is 1. The number of benzene rings is 1. The minimum Gasteiger partial charge on any atom is -0.378 e. The second kappa shape index (κ2) is 9.75. The molecule has 0 radical (unpaired) electrons. The van der Waals surface area contributed by atoms with E-state index in [0.29, 0.717) is 36.9 Å². The summed E-state index contributed by atoms with van der Waals surface area (Å²) in [6.07, 6.45) is 1.80. The molecule has 0 unspecified atom stereocenters. The Kier molecular flexibility index (Phi) is 6.81. The largest absolute Gasteiger partial charge is 0.378 e. The van der Waals surface area contributed by atoms with Crippen molar-refractivity contribution in [3.63, 3.8) is 0 Å². The van der Waals surface area contributed by atoms with Crippen molar-refractivity contribution < 1.29 is 13.9 Å². The van der Waals surface area contributed by atoms with Crippen molar-refractivity contribution in [2.45, 2.75) is 20.8 Å². The molecular weight excluding hydrogens is 427 g/mol. The zero-order chi connectivity index (χ0) is 22.7. The van der Waals surface area contributed by atoms with E-state index in [2.05, 4.69) is 4.90 Å².